The van der Waals surface area contributed by atoms with Gasteiger partial charge < -0.3 is 19.4 Å². The van der Waals surface area contributed by atoms with Gasteiger partial charge in [-0.2, -0.15) is 0 Å². The molecule has 0 amide bonds. The van der Waals surface area contributed by atoms with Gasteiger partial charge in [0.15, 0.2) is 5.15 Å². The number of nitrogens with zero attached hydrogens (tertiary/aromatic N) is 2. The maximum Gasteiger partial charge on any atom is 0.336 e. The Morgan fingerprint density at radius 2 is 1.76 bits per heavy atom. The van der Waals surface area contributed by atoms with E-state index in [9.17, 15) is 9.59 Å². The summed E-state index contributed by atoms with van der Waals surface area (Å²) < 4.78 is 11.6. The highest BCUT2D eigenvalue weighted by molar-refractivity contribution is 6.40. The lowest BCUT2D eigenvalue weighted by Crippen LogP contribution is -2.33. The average molecular weight is 388 g/mol. The maximum absolute atomic E-state index is 12.6. The molecule has 0 aromatic carbocycles. The van der Waals surface area contributed by atoms with Crippen molar-refractivity contribution in [1.29, 1.82) is 0 Å². The van der Waals surface area contributed by atoms with Crippen LogP contribution in [0, 0.1) is 0 Å². The third kappa shape index (κ3) is 3.39. The summed E-state index contributed by atoms with van der Waals surface area (Å²) in [6, 6.07) is 0. The molecule has 0 bridgehead atoms. The van der Waals surface area contributed by atoms with E-state index in [0.29, 0.717) is 17.2 Å². The Balaban J connectivity index is 2.74. The fourth-order valence-electron chi connectivity index (χ4n) is 2.83. The van der Waals surface area contributed by atoms with Crippen molar-refractivity contribution in [1.82, 2.24) is 14.9 Å². The maximum atomic E-state index is 12.6. The van der Waals surface area contributed by atoms with Crippen LogP contribution >= 0.6 is 23.2 Å². The molecule has 7 nitrogen and oxygen atoms in total. The van der Waals surface area contributed by atoms with Gasteiger partial charge in [0.2, 0.25) is 0 Å². The number of dihydropyridines is 1. The van der Waals surface area contributed by atoms with Gasteiger partial charge in [-0.25, -0.2) is 14.6 Å². The number of nitrogens with one attached hydrogen (secondary N) is 1. The molecule has 0 saturated heterocycles. The number of aromatic nitrogens is 2. The molecule has 136 valence electrons. The van der Waals surface area contributed by atoms with E-state index in [1.54, 1.807) is 27.8 Å². The summed E-state index contributed by atoms with van der Waals surface area (Å²) in [6.07, 6.45) is 0. The number of esters is 2. The number of halogens is 2. The molecular weight excluding hydrogens is 369 g/mol. The number of carbonyl (C=O) groups excluding carboxylic acids is 2. The summed E-state index contributed by atoms with van der Waals surface area (Å²) in [5.41, 5.74) is 1.62. The summed E-state index contributed by atoms with van der Waals surface area (Å²) in [4.78, 5) is 29.2. The number of hydrogen-bond acceptors (Lipinski definition) is 6. The summed E-state index contributed by atoms with van der Waals surface area (Å²) in [5, 5.41) is 3.32. The molecular formula is C16H19Cl2N3O4. The average Bonchev–Trinajstić information content (AvgIpc) is 2.81. The SMILES string of the molecule is CCOC(=O)C1=C(C)NC(C)=C(C(=O)OC)C1c1nc(Cl)c(Cl)n1C. The lowest BCUT2D eigenvalue weighted by molar-refractivity contribution is -0.139. The van der Waals surface area contributed by atoms with E-state index in [2.05, 4.69) is 10.3 Å². The molecule has 1 aromatic rings. The molecule has 1 aliphatic rings. The molecule has 1 N–H and O–H groups in total. The number of methoxy groups -OCH3 is 1. The Labute approximate surface area is 155 Å². The first-order chi connectivity index (χ1) is 11.7. The van der Waals surface area contributed by atoms with Crippen LogP contribution in [-0.4, -0.2) is 35.2 Å². The van der Waals surface area contributed by atoms with Gasteiger partial charge in [0, 0.05) is 18.4 Å². The van der Waals surface area contributed by atoms with E-state index >= 15 is 0 Å². The first-order valence-electron chi connectivity index (χ1n) is 7.56. The molecule has 0 aliphatic carbocycles. The Morgan fingerprint density at radius 3 is 2.20 bits per heavy atom. The summed E-state index contributed by atoms with van der Waals surface area (Å²) in [6.45, 7) is 5.34. The van der Waals surface area contributed by atoms with E-state index in [-0.39, 0.29) is 28.1 Å². The van der Waals surface area contributed by atoms with Crippen LogP contribution < -0.4 is 5.32 Å². The zero-order valence-corrected chi connectivity index (χ0v) is 16.1. The summed E-state index contributed by atoms with van der Waals surface area (Å²) in [5.74, 6) is -1.61. The normalized spacial score (nSPS) is 17.5. The second-order valence-electron chi connectivity index (χ2n) is 5.46. The van der Waals surface area contributed by atoms with Crippen molar-refractivity contribution in [2.75, 3.05) is 13.7 Å². The van der Waals surface area contributed by atoms with Crippen LogP contribution in [0.1, 0.15) is 32.5 Å². The first kappa shape index (κ1) is 19.3. The Morgan fingerprint density at radius 1 is 1.20 bits per heavy atom. The Hall–Kier alpha value is -1.99. The molecule has 1 aromatic heterocycles. The zero-order valence-electron chi connectivity index (χ0n) is 14.6. The van der Waals surface area contributed by atoms with Gasteiger partial charge in [-0.05, 0) is 20.8 Å². The highest BCUT2D eigenvalue weighted by Gasteiger charge is 2.40. The molecule has 0 spiro atoms. The molecule has 0 saturated carbocycles. The molecule has 1 unspecified atom stereocenters. The predicted octanol–water partition coefficient (Wildman–Crippen LogP) is 2.70. The van der Waals surface area contributed by atoms with Crippen LogP contribution in [0.3, 0.4) is 0 Å². The van der Waals surface area contributed by atoms with E-state index in [1.807, 2.05) is 0 Å². The zero-order chi connectivity index (χ0) is 18.9. The van der Waals surface area contributed by atoms with Crippen LogP contribution in [0.15, 0.2) is 22.5 Å². The van der Waals surface area contributed by atoms with Crippen LogP contribution in [-0.2, 0) is 26.1 Å². The van der Waals surface area contributed by atoms with E-state index in [4.69, 9.17) is 32.7 Å². The van der Waals surface area contributed by atoms with E-state index in [0.717, 1.165) is 0 Å². The molecule has 2 heterocycles. The van der Waals surface area contributed by atoms with E-state index in [1.165, 1.54) is 11.7 Å². The molecule has 25 heavy (non-hydrogen) atoms. The van der Waals surface area contributed by atoms with Gasteiger partial charge in [-0.3, -0.25) is 0 Å². The molecule has 1 atom stereocenters. The van der Waals surface area contributed by atoms with Crippen LogP contribution in [0.4, 0.5) is 0 Å². The van der Waals surface area contributed by atoms with Crippen molar-refractivity contribution in [3.63, 3.8) is 0 Å². The van der Waals surface area contributed by atoms with Crippen LogP contribution in [0.25, 0.3) is 0 Å². The largest absolute Gasteiger partial charge is 0.466 e. The number of hydrogen-bond donors (Lipinski definition) is 1. The quantitative estimate of drug-likeness (QED) is 0.799. The highest BCUT2D eigenvalue weighted by atomic mass is 35.5. The van der Waals surface area contributed by atoms with Crippen LogP contribution in [0.2, 0.25) is 10.3 Å². The molecule has 2 rings (SSSR count). The second kappa shape index (κ2) is 7.49. The Bertz CT molecular complexity index is 796. The van der Waals surface area contributed by atoms with Gasteiger partial charge in [0.05, 0.1) is 30.8 Å². The van der Waals surface area contributed by atoms with Crippen molar-refractivity contribution in [3.8, 4) is 0 Å². The minimum Gasteiger partial charge on any atom is -0.466 e. The minimum absolute atomic E-state index is 0.0837. The van der Waals surface area contributed by atoms with E-state index < -0.39 is 17.9 Å². The van der Waals surface area contributed by atoms with Gasteiger partial charge in [-0.15, -0.1) is 0 Å². The number of imidazole rings is 1. The van der Waals surface area contributed by atoms with Gasteiger partial charge >= 0.3 is 11.9 Å². The third-order valence-corrected chi connectivity index (χ3v) is 4.73. The smallest absolute Gasteiger partial charge is 0.336 e. The second-order valence-corrected chi connectivity index (χ2v) is 6.17. The number of ether oxygens (including phenoxy) is 2. The number of rotatable bonds is 4. The lowest BCUT2D eigenvalue weighted by Gasteiger charge is -2.29. The predicted molar refractivity (Wildman–Crippen MR) is 93.2 cm³/mol. The molecule has 0 radical (unpaired) electrons. The van der Waals surface area contributed by atoms with Crippen molar-refractivity contribution < 1.29 is 19.1 Å². The van der Waals surface area contributed by atoms with Gasteiger partial charge in [-0.1, -0.05) is 23.2 Å². The van der Waals surface area contributed by atoms with Gasteiger partial charge in [0.1, 0.15) is 11.0 Å². The van der Waals surface area contributed by atoms with Crippen molar-refractivity contribution in [2.24, 2.45) is 7.05 Å². The monoisotopic (exact) mass is 387 g/mol. The van der Waals surface area contributed by atoms with Crippen molar-refractivity contribution >= 4 is 35.1 Å². The fourth-order valence-corrected chi connectivity index (χ4v) is 3.17. The summed E-state index contributed by atoms with van der Waals surface area (Å²) >= 11 is 12.2. The number of carbonyl (C=O) groups is 2. The molecule has 1 aliphatic heterocycles. The van der Waals surface area contributed by atoms with Crippen molar-refractivity contribution in [3.05, 3.63) is 38.7 Å². The standard InChI is InChI=1S/C16H19Cl2N3O4/c1-6-25-16(23)10-8(3)19-7(2)9(15(22)24-5)11(10)14-20-12(17)13(18)21(14)4/h11,19H,6H2,1-5H3. The van der Waals surface area contributed by atoms with Gasteiger partial charge in [0.25, 0.3) is 0 Å². The minimum atomic E-state index is -0.817. The highest BCUT2D eigenvalue weighted by Crippen LogP contribution is 2.40. The lowest BCUT2D eigenvalue weighted by atomic mass is 9.84. The molecule has 9 heteroatoms. The van der Waals surface area contributed by atoms with Crippen LogP contribution in [0.5, 0.6) is 0 Å². The topological polar surface area (TPSA) is 82.4 Å². The number of allylic oxidation sites excluding steroid dienone is 2. The van der Waals surface area contributed by atoms with Crippen molar-refractivity contribution in [2.45, 2.75) is 26.7 Å². The Kier molecular flexibility index (Phi) is 5.80. The fraction of sp³-hybridized carbons (Fsp3) is 0.438. The first-order valence-corrected chi connectivity index (χ1v) is 8.31. The third-order valence-electron chi connectivity index (χ3n) is 3.94. The molecule has 0 fully saturated rings. The summed E-state index contributed by atoms with van der Waals surface area (Å²) in [7, 11) is 2.92.